The molecule has 7 heteroatoms. The van der Waals surface area contributed by atoms with Crippen molar-refractivity contribution in [2.24, 2.45) is 0 Å². The SMILES string of the molecule is O=C1NC(=O)C(c2ccc([N+](=O)[O-])cc2)=C1Nc1ccccc1. The fourth-order valence-electron chi connectivity index (χ4n) is 2.27. The predicted molar refractivity (Wildman–Crippen MR) is 83.2 cm³/mol. The number of amides is 2. The molecular formula is C16H11N3O4. The van der Waals surface area contributed by atoms with E-state index in [1.165, 1.54) is 24.3 Å². The van der Waals surface area contributed by atoms with Gasteiger partial charge in [-0.15, -0.1) is 0 Å². The van der Waals surface area contributed by atoms with Crippen LogP contribution in [0.2, 0.25) is 0 Å². The number of para-hydroxylation sites is 1. The highest BCUT2D eigenvalue weighted by atomic mass is 16.6. The van der Waals surface area contributed by atoms with Crippen LogP contribution < -0.4 is 10.6 Å². The van der Waals surface area contributed by atoms with E-state index in [1.54, 1.807) is 24.3 Å². The van der Waals surface area contributed by atoms with E-state index in [0.717, 1.165) is 0 Å². The Kier molecular flexibility index (Phi) is 3.60. The fourth-order valence-corrected chi connectivity index (χ4v) is 2.27. The normalized spacial score (nSPS) is 13.9. The van der Waals surface area contributed by atoms with Crippen molar-refractivity contribution in [1.29, 1.82) is 0 Å². The summed E-state index contributed by atoms with van der Waals surface area (Å²) in [6.07, 6.45) is 0. The molecule has 0 saturated heterocycles. The van der Waals surface area contributed by atoms with Crippen molar-refractivity contribution in [2.75, 3.05) is 5.32 Å². The molecule has 0 radical (unpaired) electrons. The molecule has 0 fully saturated rings. The largest absolute Gasteiger partial charge is 0.350 e. The zero-order chi connectivity index (χ0) is 16.4. The van der Waals surface area contributed by atoms with Crippen molar-refractivity contribution < 1.29 is 14.5 Å². The third-order valence-electron chi connectivity index (χ3n) is 3.34. The van der Waals surface area contributed by atoms with Crippen molar-refractivity contribution in [3.8, 4) is 0 Å². The van der Waals surface area contributed by atoms with E-state index in [9.17, 15) is 19.7 Å². The monoisotopic (exact) mass is 309 g/mol. The molecule has 2 aromatic carbocycles. The van der Waals surface area contributed by atoms with Crippen LogP contribution in [0.25, 0.3) is 5.57 Å². The number of benzene rings is 2. The van der Waals surface area contributed by atoms with Crippen LogP contribution in [0.3, 0.4) is 0 Å². The number of non-ortho nitro benzene ring substituents is 1. The van der Waals surface area contributed by atoms with Gasteiger partial charge in [0.2, 0.25) is 0 Å². The smallest absolute Gasteiger partial charge is 0.275 e. The number of anilines is 1. The predicted octanol–water partition coefficient (Wildman–Crippen LogP) is 2.07. The van der Waals surface area contributed by atoms with Gasteiger partial charge >= 0.3 is 0 Å². The van der Waals surface area contributed by atoms with Gasteiger partial charge in [0, 0.05) is 17.8 Å². The van der Waals surface area contributed by atoms with E-state index in [-0.39, 0.29) is 17.0 Å². The Labute approximate surface area is 130 Å². The molecule has 0 saturated carbocycles. The number of hydrogen-bond acceptors (Lipinski definition) is 5. The first-order valence-electron chi connectivity index (χ1n) is 6.73. The number of nitro groups is 1. The van der Waals surface area contributed by atoms with E-state index in [0.29, 0.717) is 11.3 Å². The highest BCUT2D eigenvalue weighted by molar-refractivity contribution is 6.36. The second-order valence-electron chi connectivity index (χ2n) is 4.83. The van der Waals surface area contributed by atoms with E-state index < -0.39 is 16.7 Å². The van der Waals surface area contributed by atoms with E-state index >= 15 is 0 Å². The number of carbonyl (C=O) groups is 2. The Morgan fingerprint density at radius 1 is 0.913 bits per heavy atom. The Balaban J connectivity index is 2.02. The molecule has 0 bridgehead atoms. The first-order valence-corrected chi connectivity index (χ1v) is 6.73. The van der Waals surface area contributed by atoms with Gasteiger partial charge in [-0.1, -0.05) is 18.2 Å². The Morgan fingerprint density at radius 3 is 2.17 bits per heavy atom. The summed E-state index contributed by atoms with van der Waals surface area (Å²) in [4.78, 5) is 34.2. The second-order valence-corrected chi connectivity index (χ2v) is 4.83. The highest BCUT2D eigenvalue weighted by Crippen LogP contribution is 2.26. The number of imide groups is 1. The van der Waals surface area contributed by atoms with Crippen LogP contribution in [0.5, 0.6) is 0 Å². The molecule has 1 heterocycles. The molecule has 2 N–H and O–H groups in total. The molecule has 0 aliphatic carbocycles. The minimum atomic E-state index is -0.540. The molecule has 114 valence electrons. The van der Waals surface area contributed by atoms with Gasteiger partial charge in [-0.2, -0.15) is 0 Å². The van der Waals surface area contributed by atoms with Crippen LogP contribution in [0, 0.1) is 10.1 Å². The summed E-state index contributed by atoms with van der Waals surface area (Å²) in [5.41, 5.74) is 1.28. The third-order valence-corrected chi connectivity index (χ3v) is 3.34. The zero-order valence-electron chi connectivity index (χ0n) is 11.8. The van der Waals surface area contributed by atoms with E-state index in [2.05, 4.69) is 10.6 Å². The molecule has 0 unspecified atom stereocenters. The molecule has 7 nitrogen and oxygen atoms in total. The maximum Gasteiger partial charge on any atom is 0.275 e. The van der Waals surface area contributed by atoms with Crippen LogP contribution in [-0.2, 0) is 9.59 Å². The van der Waals surface area contributed by atoms with E-state index in [1.807, 2.05) is 6.07 Å². The van der Waals surface area contributed by atoms with E-state index in [4.69, 9.17) is 0 Å². The number of rotatable bonds is 4. The second kappa shape index (κ2) is 5.72. The van der Waals surface area contributed by atoms with Gasteiger partial charge in [0.15, 0.2) is 0 Å². The van der Waals surface area contributed by atoms with Crippen molar-refractivity contribution in [1.82, 2.24) is 5.32 Å². The van der Waals surface area contributed by atoms with Gasteiger partial charge in [0.25, 0.3) is 17.5 Å². The van der Waals surface area contributed by atoms with Gasteiger partial charge in [-0.3, -0.25) is 25.0 Å². The van der Waals surface area contributed by atoms with Crippen molar-refractivity contribution >= 4 is 28.8 Å². The first kappa shape index (κ1) is 14.5. The Morgan fingerprint density at radius 2 is 1.57 bits per heavy atom. The number of nitro benzene ring substituents is 1. The molecule has 2 amide bonds. The summed E-state index contributed by atoms with van der Waals surface area (Å²) in [5, 5.41) is 15.8. The Bertz CT molecular complexity index is 826. The zero-order valence-corrected chi connectivity index (χ0v) is 11.8. The minimum Gasteiger partial charge on any atom is -0.350 e. The van der Waals surface area contributed by atoms with Crippen LogP contribution in [0.15, 0.2) is 60.3 Å². The summed E-state index contributed by atoms with van der Waals surface area (Å²) >= 11 is 0. The number of hydrogen-bond donors (Lipinski definition) is 2. The van der Waals surface area contributed by atoms with Crippen LogP contribution in [-0.4, -0.2) is 16.7 Å². The molecule has 0 spiro atoms. The maximum absolute atomic E-state index is 12.0. The topological polar surface area (TPSA) is 101 Å². The minimum absolute atomic E-state index is 0.0864. The quantitative estimate of drug-likeness (QED) is 0.511. The van der Waals surface area contributed by atoms with Gasteiger partial charge in [-0.05, 0) is 29.8 Å². The average molecular weight is 309 g/mol. The molecule has 3 rings (SSSR count). The van der Waals surface area contributed by atoms with Gasteiger partial charge in [-0.25, -0.2) is 0 Å². The first-order chi connectivity index (χ1) is 11.1. The standard InChI is InChI=1S/C16H11N3O4/c20-15-13(10-6-8-12(9-7-10)19(22)23)14(16(21)18-15)17-11-4-2-1-3-5-11/h1-9H,(H2,17,18,20,21). The lowest BCUT2D eigenvalue weighted by Gasteiger charge is -2.07. The van der Waals surface area contributed by atoms with Crippen molar-refractivity contribution in [3.05, 3.63) is 76.0 Å². The number of nitrogens with one attached hydrogen (secondary N) is 2. The fraction of sp³-hybridized carbons (Fsp3) is 0. The number of nitrogens with zero attached hydrogens (tertiary/aromatic N) is 1. The van der Waals surface area contributed by atoms with Crippen LogP contribution in [0.1, 0.15) is 5.56 Å². The summed E-state index contributed by atoms with van der Waals surface area (Å²) < 4.78 is 0. The Hall–Kier alpha value is -3.48. The van der Waals surface area contributed by atoms with Gasteiger partial charge in [0.1, 0.15) is 5.70 Å². The molecule has 23 heavy (non-hydrogen) atoms. The molecule has 1 aliphatic heterocycles. The lowest BCUT2D eigenvalue weighted by molar-refractivity contribution is -0.384. The summed E-state index contributed by atoms with van der Waals surface area (Å²) in [7, 11) is 0. The van der Waals surface area contributed by atoms with Crippen molar-refractivity contribution in [3.63, 3.8) is 0 Å². The maximum atomic E-state index is 12.0. The lowest BCUT2D eigenvalue weighted by atomic mass is 10.0. The highest BCUT2D eigenvalue weighted by Gasteiger charge is 2.31. The van der Waals surface area contributed by atoms with Gasteiger partial charge in [0.05, 0.1) is 10.5 Å². The third kappa shape index (κ3) is 2.80. The van der Waals surface area contributed by atoms with Crippen LogP contribution >= 0.6 is 0 Å². The molecule has 2 aromatic rings. The summed E-state index contributed by atoms with van der Waals surface area (Å²) in [6.45, 7) is 0. The summed E-state index contributed by atoms with van der Waals surface area (Å²) in [6, 6.07) is 14.4. The molecule has 0 aromatic heterocycles. The number of carbonyl (C=O) groups excluding carboxylic acids is 2. The van der Waals surface area contributed by atoms with Crippen molar-refractivity contribution in [2.45, 2.75) is 0 Å². The molecular weight excluding hydrogens is 298 g/mol. The lowest BCUT2D eigenvalue weighted by Crippen LogP contribution is -2.24. The summed E-state index contributed by atoms with van der Waals surface area (Å²) in [5.74, 6) is -1.07. The van der Waals surface area contributed by atoms with Crippen LogP contribution in [0.4, 0.5) is 11.4 Å². The molecule has 1 aliphatic rings. The van der Waals surface area contributed by atoms with Gasteiger partial charge < -0.3 is 5.32 Å². The molecule has 0 atom stereocenters. The average Bonchev–Trinajstić information content (AvgIpc) is 2.82.